The third-order valence-corrected chi connectivity index (χ3v) is 2.78. The number of allylic oxidation sites excluding steroid dienone is 1. The van der Waals surface area contributed by atoms with Crippen LogP contribution in [0.1, 0.15) is 33.3 Å². The summed E-state index contributed by atoms with van der Waals surface area (Å²) < 4.78 is 0. The highest BCUT2D eigenvalue weighted by Crippen LogP contribution is 2.21. The molecule has 0 spiro atoms. The summed E-state index contributed by atoms with van der Waals surface area (Å²) in [6, 6.07) is 10.7. The van der Waals surface area contributed by atoms with Crippen molar-refractivity contribution >= 4 is 0 Å². The zero-order chi connectivity index (χ0) is 12.0. The van der Waals surface area contributed by atoms with Crippen LogP contribution < -0.4 is 5.32 Å². The molecule has 0 fully saturated rings. The minimum absolute atomic E-state index is 0.191. The summed E-state index contributed by atoms with van der Waals surface area (Å²) in [5.41, 5.74) is 2.95. The summed E-state index contributed by atoms with van der Waals surface area (Å²) in [5.74, 6) is 0. The van der Waals surface area contributed by atoms with Crippen molar-refractivity contribution in [1.29, 1.82) is 0 Å². The fourth-order valence-electron chi connectivity index (χ4n) is 1.65. The maximum absolute atomic E-state index is 3.48. The Labute approximate surface area is 99.6 Å². The third kappa shape index (κ3) is 4.19. The minimum Gasteiger partial charge on any atom is -0.312 e. The van der Waals surface area contributed by atoms with Crippen LogP contribution in [0, 0.1) is 0 Å². The van der Waals surface area contributed by atoms with E-state index in [1.165, 1.54) is 11.1 Å². The summed E-state index contributed by atoms with van der Waals surface area (Å²) in [7, 11) is 0. The Bertz CT molecular complexity index is 332. The highest BCUT2D eigenvalue weighted by molar-refractivity contribution is 5.23. The highest BCUT2D eigenvalue weighted by atomic mass is 14.9. The second kappa shape index (κ2) is 5.86. The van der Waals surface area contributed by atoms with Crippen LogP contribution in [0.3, 0.4) is 0 Å². The first-order valence-electron chi connectivity index (χ1n) is 5.92. The molecule has 0 amide bonds. The molecule has 0 radical (unpaired) electrons. The zero-order valence-electron chi connectivity index (χ0n) is 10.9. The van der Waals surface area contributed by atoms with E-state index >= 15 is 0 Å². The molecule has 1 N–H and O–H groups in total. The largest absolute Gasteiger partial charge is 0.312 e. The van der Waals surface area contributed by atoms with Crippen LogP contribution in [0.5, 0.6) is 0 Å². The Morgan fingerprint density at radius 3 is 2.38 bits per heavy atom. The van der Waals surface area contributed by atoms with Gasteiger partial charge in [-0.05, 0) is 19.4 Å². The molecule has 0 aromatic heterocycles. The predicted molar refractivity (Wildman–Crippen MR) is 71.8 cm³/mol. The lowest BCUT2D eigenvalue weighted by molar-refractivity contribution is 0.483. The van der Waals surface area contributed by atoms with Gasteiger partial charge in [-0.3, -0.25) is 0 Å². The van der Waals surface area contributed by atoms with Gasteiger partial charge in [0.05, 0.1) is 0 Å². The first-order valence-corrected chi connectivity index (χ1v) is 5.92. The second-order valence-electron chi connectivity index (χ2n) is 5.16. The van der Waals surface area contributed by atoms with Crippen molar-refractivity contribution in [2.75, 3.05) is 13.1 Å². The molecule has 88 valence electrons. The molecule has 1 nitrogen and oxygen atoms in total. The van der Waals surface area contributed by atoms with Gasteiger partial charge in [0.2, 0.25) is 0 Å². The average molecular weight is 217 g/mol. The molecule has 0 saturated heterocycles. The smallest absolute Gasteiger partial charge is 0.0137 e. The van der Waals surface area contributed by atoms with E-state index in [0.717, 1.165) is 13.1 Å². The van der Waals surface area contributed by atoms with Crippen LogP contribution in [0.15, 0.2) is 42.0 Å². The number of benzene rings is 1. The molecule has 0 aliphatic rings. The van der Waals surface area contributed by atoms with Gasteiger partial charge < -0.3 is 5.32 Å². The fourth-order valence-corrected chi connectivity index (χ4v) is 1.65. The topological polar surface area (TPSA) is 12.0 Å². The lowest BCUT2D eigenvalue weighted by Crippen LogP contribution is -2.33. The molecule has 0 heterocycles. The summed E-state index contributed by atoms with van der Waals surface area (Å²) in [6.07, 6.45) is 2.22. The first kappa shape index (κ1) is 13.0. The molecule has 1 aromatic rings. The minimum atomic E-state index is 0.191. The number of rotatable bonds is 5. The van der Waals surface area contributed by atoms with Crippen molar-refractivity contribution in [2.24, 2.45) is 0 Å². The van der Waals surface area contributed by atoms with Crippen LogP contribution in [-0.4, -0.2) is 13.1 Å². The van der Waals surface area contributed by atoms with E-state index in [-0.39, 0.29) is 5.41 Å². The SMILES string of the molecule is CC(C)=CCNCC(C)(C)c1ccccc1. The Morgan fingerprint density at radius 1 is 1.19 bits per heavy atom. The molecular weight excluding hydrogens is 194 g/mol. The summed E-state index contributed by atoms with van der Waals surface area (Å²) in [5, 5.41) is 3.48. The predicted octanol–water partition coefficient (Wildman–Crippen LogP) is 3.52. The highest BCUT2D eigenvalue weighted by Gasteiger charge is 2.18. The number of hydrogen-bond acceptors (Lipinski definition) is 1. The van der Waals surface area contributed by atoms with E-state index in [9.17, 15) is 0 Å². The van der Waals surface area contributed by atoms with Gasteiger partial charge in [-0.15, -0.1) is 0 Å². The number of hydrogen-bond donors (Lipinski definition) is 1. The molecule has 0 bridgehead atoms. The Hall–Kier alpha value is -1.08. The molecule has 0 aliphatic heterocycles. The lowest BCUT2D eigenvalue weighted by Gasteiger charge is -2.25. The molecule has 0 atom stereocenters. The van der Waals surface area contributed by atoms with Gasteiger partial charge in [0.15, 0.2) is 0 Å². The van der Waals surface area contributed by atoms with Gasteiger partial charge in [-0.1, -0.05) is 55.8 Å². The van der Waals surface area contributed by atoms with Crippen molar-refractivity contribution in [2.45, 2.75) is 33.1 Å². The van der Waals surface area contributed by atoms with Crippen LogP contribution in [0.4, 0.5) is 0 Å². The van der Waals surface area contributed by atoms with Gasteiger partial charge >= 0.3 is 0 Å². The Balaban J connectivity index is 2.50. The molecule has 1 heteroatoms. The van der Waals surface area contributed by atoms with Crippen molar-refractivity contribution in [1.82, 2.24) is 5.32 Å². The van der Waals surface area contributed by atoms with Crippen molar-refractivity contribution in [3.8, 4) is 0 Å². The van der Waals surface area contributed by atoms with Gasteiger partial charge in [0.1, 0.15) is 0 Å². The second-order valence-corrected chi connectivity index (χ2v) is 5.16. The third-order valence-electron chi connectivity index (χ3n) is 2.78. The van der Waals surface area contributed by atoms with Gasteiger partial charge in [0, 0.05) is 18.5 Å². The quantitative estimate of drug-likeness (QED) is 0.588. The average Bonchev–Trinajstić information content (AvgIpc) is 2.26. The van der Waals surface area contributed by atoms with Gasteiger partial charge in [-0.2, -0.15) is 0 Å². The summed E-state index contributed by atoms with van der Waals surface area (Å²) in [6.45, 7) is 10.8. The fraction of sp³-hybridized carbons (Fsp3) is 0.467. The van der Waals surface area contributed by atoms with Crippen LogP contribution in [-0.2, 0) is 5.41 Å². The van der Waals surface area contributed by atoms with E-state index in [0.29, 0.717) is 0 Å². The summed E-state index contributed by atoms with van der Waals surface area (Å²) in [4.78, 5) is 0. The lowest BCUT2D eigenvalue weighted by atomic mass is 9.84. The van der Waals surface area contributed by atoms with Crippen molar-refractivity contribution in [3.63, 3.8) is 0 Å². The molecule has 0 saturated carbocycles. The van der Waals surface area contributed by atoms with E-state index in [1.807, 2.05) is 0 Å². The van der Waals surface area contributed by atoms with E-state index in [4.69, 9.17) is 0 Å². The van der Waals surface area contributed by atoms with Gasteiger partial charge in [0.25, 0.3) is 0 Å². The van der Waals surface area contributed by atoms with Gasteiger partial charge in [-0.25, -0.2) is 0 Å². The zero-order valence-corrected chi connectivity index (χ0v) is 10.9. The Kier molecular flexibility index (Phi) is 4.75. The molecular formula is C15H23N. The van der Waals surface area contributed by atoms with E-state index < -0.39 is 0 Å². The van der Waals surface area contributed by atoms with E-state index in [2.05, 4.69) is 69.4 Å². The molecule has 1 rings (SSSR count). The maximum Gasteiger partial charge on any atom is 0.0137 e. The normalized spacial score (nSPS) is 11.2. The Morgan fingerprint density at radius 2 is 1.81 bits per heavy atom. The maximum atomic E-state index is 3.48. The molecule has 0 aliphatic carbocycles. The monoisotopic (exact) mass is 217 g/mol. The first-order chi connectivity index (χ1) is 7.52. The van der Waals surface area contributed by atoms with Crippen LogP contribution in [0.25, 0.3) is 0 Å². The molecule has 16 heavy (non-hydrogen) atoms. The van der Waals surface area contributed by atoms with Crippen molar-refractivity contribution < 1.29 is 0 Å². The molecule has 0 unspecified atom stereocenters. The van der Waals surface area contributed by atoms with E-state index in [1.54, 1.807) is 0 Å². The number of nitrogens with one attached hydrogen (secondary N) is 1. The van der Waals surface area contributed by atoms with Crippen LogP contribution >= 0.6 is 0 Å². The standard InChI is InChI=1S/C15H23N/c1-13(2)10-11-16-12-15(3,4)14-8-6-5-7-9-14/h5-10,16H,11-12H2,1-4H3. The summed E-state index contributed by atoms with van der Waals surface area (Å²) >= 11 is 0. The molecule has 1 aromatic carbocycles. The van der Waals surface area contributed by atoms with Crippen molar-refractivity contribution in [3.05, 3.63) is 47.5 Å². The van der Waals surface area contributed by atoms with Crippen LogP contribution in [0.2, 0.25) is 0 Å².